The first kappa shape index (κ1) is 27.4. The summed E-state index contributed by atoms with van der Waals surface area (Å²) in [5, 5.41) is 0. The summed E-state index contributed by atoms with van der Waals surface area (Å²) in [6, 6.07) is 0. The summed E-state index contributed by atoms with van der Waals surface area (Å²) in [5.74, 6) is 0. The Morgan fingerprint density at radius 1 is 0.889 bits per heavy atom. The molecule has 0 aliphatic heterocycles. The SMILES string of the molecule is C.C.CC(C)OP(O)(O)=S.CC(C)OP([O-])(O)=S. The Morgan fingerprint density at radius 2 is 1.17 bits per heavy atom. The highest BCUT2D eigenvalue weighted by atomic mass is 32.5. The molecule has 0 saturated carbocycles. The fourth-order valence-electron chi connectivity index (χ4n) is 0.541. The van der Waals surface area contributed by atoms with Gasteiger partial charge in [0.15, 0.2) is 0 Å². The van der Waals surface area contributed by atoms with Crippen molar-refractivity contribution in [3.8, 4) is 0 Å². The molecule has 0 aromatic heterocycles. The van der Waals surface area contributed by atoms with Crippen molar-refractivity contribution in [3.05, 3.63) is 0 Å². The zero-order chi connectivity index (χ0) is 13.6. The average molecular weight is 343 g/mol. The van der Waals surface area contributed by atoms with Gasteiger partial charge in [-0.05, 0) is 39.5 Å². The Bertz CT molecular complexity index is 245. The number of rotatable bonds is 4. The van der Waals surface area contributed by atoms with E-state index in [1.165, 1.54) is 0 Å². The molecule has 0 aliphatic rings. The highest BCUT2D eigenvalue weighted by Crippen LogP contribution is 2.37. The molecule has 0 amide bonds. The summed E-state index contributed by atoms with van der Waals surface area (Å²) in [4.78, 5) is 35.4. The fourth-order valence-corrected chi connectivity index (χ4v) is 2.66. The summed E-state index contributed by atoms with van der Waals surface area (Å²) >= 11 is 8.21. The predicted molar refractivity (Wildman–Crippen MR) is 81.1 cm³/mol. The first-order valence-electron chi connectivity index (χ1n) is 4.29. The molecule has 0 aliphatic carbocycles. The normalized spacial score (nSPS) is 13.9. The van der Waals surface area contributed by atoms with Crippen LogP contribution in [0, 0.1) is 0 Å². The van der Waals surface area contributed by atoms with Crippen LogP contribution >= 0.6 is 13.4 Å². The van der Waals surface area contributed by atoms with E-state index in [0.29, 0.717) is 0 Å². The molecule has 0 aromatic rings. The van der Waals surface area contributed by atoms with Crippen molar-refractivity contribution < 1.29 is 28.6 Å². The molecule has 0 bridgehead atoms. The van der Waals surface area contributed by atoms with Crippen LogP contribution in [0.2, 0.25) is 0 Å². The summed E-state index contributed by atoms with van der Waals surface area (Å²) in [5.41, 5.74) is 0. The molecule has 116 valence electrons. The lowest BCUT2D eigenvalue weighted by molar-refractivity contribution is -0.204. The molecule has 0 fully saturated rings. The largest absolute Gasteiger partial charge is 0.780 e. The Hall–Kier alpha value is 1.06. The van der Waals surface area contributed by atoms with E-state index in [9.17, 15) is 4.89 Å². The third-order valence-corrected chi connectivity index (χ3v) is 2.59. The van der Waals surface area contributed by atoms with Gasteiger partial charge in [-0.25, -0.2) is 0 Å². The van der Waals surface area contributed by atoms with E-state index in [1.54, 1.807) is 27.7 Å². The lowest BCUT2D eigenvalue weighted by atomic mass is 10.5. The van der Waals surface area contributed by atoms with E-state index in [-0.39, 0.29) is 27.1 Å². The Labute approximate surface area is 120 Å². The van der Waals surface area contributed by atoms with Crippen LogP contribution in [-0.4, -0.2) is 26.9 Å². The van der Waals surface area contributed by atoms with Crippen molar-refractivity contribution >= 4 is 37.1 Å². The lowest BCUT2D eigenvalue weighted by Gasteiger charge is -2.22. The quantitative estimate of drug-likeness (QED) is 0.665. The van der Waals surface area contributed by atoms with Gasteiger partial charge in [0.2, 0.25) is 0 Å². The highest BCUT2D eigenvalue weighted by Gasteiger charge is 2.08. The molecule has 0 rings (SSSR count). The minimum Gasteiger partial charge on any atom is -0.780 e. The highest BCUT2D eigenvalue weighted by molar-refractivity contribution is 8.06. The minimum absolute atomic E-state index is 0. The average Bonchev–Trinajstić information content (AvgIpc) is 1.72. The Kier molecular flexibility index (Phi) is 18.0. The smallest absolute Gasteiger partial charge is 0.322 e. The third kappa shape index (κ3) is 36.0. The van der Waals surface area contributed by atoms with Crippen molar-refractivity contribution in [1.82, 2.24) is 0 Å². The maximum Gasteiger partial charge on any atom is 0.322 e. The maximum absolute atomic E-state index is 10.2. The molecule has 6 nitrogen and oxygen atoms in total. The fraction of sp³-hybridized carbons (Fsp3) is 1.00. The lowest BCUT2D eigenvalue weighted by Crippen LogP contribution is -2.08. The van der Waals surface area contributed by atoms with Gasteiger partial charge in [-0.3, -0.25) is 0 Å². The van der Waals surface area contributed by atoms with Crippen LogP contribution in [0.4, 0.5) is 0 Å². The molecule has 0 heterocycles. The number of hydrogen-bond acceptors (Lipinski definition) is 5. The van der Waals surface area contributed by atoms with Crippen molar-refractivity contribution in [2.24, 2.45) is 0 Å². The third-order valence-electron chi connectivity index (χ3n) is 0.692. The molecule has 3 N–H and O–H groups in total. The van der Waals surface area contributed by atoms with Crippen LogP contribution in [0.1, 0.15) is 42.5 Å². The Morgan fingerprint density at radius 3 is 1.17 bits per heavy atom. The molecule has 1 atom stereocenters. The van der Waals surface area contributed by atoms with Crippen molar-refractivity contribution in [1.29, 1.82) is 0 Å². The van der Waals surface area contributed by atoms with Gasteiger partial charge in [-0.1, -0.05) is 26.7 Å². The van der Waals surface area contributed by atoms with E-state index in [1.807, 2.05) is 0 Å². The summed E-state index contributed by atoms with van der Waals surface area (Å²) < 4.78 is 8.84. The van der Waals surface area contributed by atoms with Crippen LogP contribution < -0.4 is 4.89 Å². The molecule has 18 heavy (non-hydrogen) atoms. The van der Waals surface area contributed by atoms with Crippen LogP contribution in [0.5, 0.6) is 0 Å². The second-order valence-corrected chi connectivity index (χ2v) is 8.42. The van der Waals surface area contributed by atoms with Crippen molar-refractivity contribution in [2.75, 3.05) is 0 Å². The standard InChI is InChI=1S/2C3H9O3PS.2CH4/c2*1-3(2)6-7(4,5)8;;/h2*3H,1-2H3,(H2,4,5,8);2*1H4/p-1. The van der Waals surface area contributed by atoms with Gasteiger partial charge in [-0.2, -0.15) is 0 Å². The first-order chi connectivity index (χ1) is 6.83. The van der Waals surface area contributed by atoms with E-state index < -0.39 is 13.4 Å². The van der Waals surface area contributed by atoms with Crippen LogP contribution in [0.15, 0.2) is 0 Å². The molecule has 1 unspecified atom stereocenters. The minimum atomic E-state index is -3.64. The zero-order valence-corrected chi connectivity index (χ0v) is 12.9. The molecule has 0 saturated heterocycles. The molecule has 10 heteroatoms. The van der Waals surface area contributed by atoms with E-state index in [2.05, 4.69) is 32.7 Å². The molecular weight excluding hydrogens is 318 g/mol. The zero-order valence-electron chi connectivity index (χ0n) is 9.43. The van der Waals surface area contributed by atoms with Crippen molar-refractivity contribution in [2.45, 2.75) is 54.8 Å². The van der Waals surface area contributed by atoms with Gasteiger partial charge >= 0.3 is 6.72 Å². The summed E-state index contributed by atoms with van der Waals surface area (Å²) in [6.45, 7) is -0.355. The van der Waals surface area contributed by atoms with E-state index in [0.717, 1.165) is 0 Å². The van der Waals surface area contributed by atoms with Crippen molar-refractivity contribution in [3.63, 3.8) is 0 Å². The molecular formula is C8H25O6P2S2-. The van der Waals surface area contributed by atoms with Gasteiger partial charge in [0.05, 0.1) is 12.2 Å². The summed E-state index contributed by atoms with van der Waals surface area (Å²) in [7, 11) is 0. The second-order valence-electron chi connectivity index (χ2n) is 3.27. The topological polar surface area (TPSA) is 102 Å². The van der Waals surface area contributed by atoms with Crippen LogP contribution in [-0.2, 0) is 32.7 Å². The monoisotopic (exact) mass is 343 g/mol. The predicted octanol–water partition coefficient (Wildman–Crippen LogP) is 1.88. The van der Waals surface area contributed by atoms with Gasteiger partial charge < -0.3 is 28.6 Å². The van der Waals surface area contributed by atoms with Gasteiger partial charge in [0.25, 0.3) is 0 Å². The molecule has 0 spiro atoms. The maximum atomic E-state index is 10.2. The first-order valence-corrected chi connectivity index (χ1v) is 9.51. The van der Waals surface area contributed by atoms with E-state index >= 15 is 0 Å². The molecule has 0 aromatic carbocycles. The Balaban J connectivity index is -0.0000000980. The molecule has 0 radical (unpaired) electrons. The van der Waals surface area contributed by atoms with Gasteiger partial charge in [0.1, 0.15) is 6.72 Å². The number of hydrogen-bond donors (Lipinski definition) is 3. The summed E-state index contributed by atoms with van der Waals surface area (Å²) in [6.07, 6.45) is -0.487. The van der Waals surface area contributed by atoms with E-state index in [4.69, 9.17) is 14.7 Å². The van der Waals surface area contributed by atoms with Gasteiger partial charge in [-0.15, -0.1) is 0 Å². The van der Waals surface area contributed by atoms with Gasteiger partial charge in [0, 0.05) is 0 Å². The second kappa shape index (κ2) is 11.9. The van der Waals surface area contributed by atoms with Crippen LogP contribution in [0.25, 0.3) is 0 Å². The van der Waals surface area contributed by atoms with Crippen LogP contribution in [0.3, 0.4) is 0 Å².